The second-order valence-corrected chi connectivity index (χ2v) is 13.2. The highest BCUT2D eigenvalue weighted by atomic mass is 32.1. The smallest absolute Gasteiger partial charge is 0.236 e. The number of aliphatic hydroxyl groups is 1. The highest BCUT2D eigenvalue weighted by Crippen LogP contribution is 2.37. The highest BCUT2D eigenvalue weighted by Gasteiger charge is 2.27. The van der Waals surface area contributed by atoms with Crippen LogP contribution in [0, 0.1) is 17.1 Å². The molecule has 1 N–H and O–H groups in total. The van der Waals surface area contributed by atoms with E-state index in [2.05, 4.69) is 39.5 Å². The van der Waals surface area contributed by atoms with Gasteiger partial charge in [-0.1, -0.05) is 18.3 Å². The minimum atomic E-state index is -0.398. The van der Waals surface area contributed by atoms with Gasteiger partial charge in [-0.3, -0.25) is 14.1 Å². The summed E-state index contributed by atoms with van der Waals surface area (Å²) in [5, 5.41) is 20.3. The first-order chi connectivity index (χ1) is 23.3. The number of β-amino-alcohol motifs (C(OH)–C–C–N with tert-alkyl or cyclic N) is 1. The van der Waals surface area contributed by atoms with Gasteiger partial charge in [0.15, 0.2) is 5.13 Å². The summed E-state index contributed by atoms with van der Waals surface area (Å²) in [6.45, 7) is 6.64. The number of rotatable bonds is 8. The Bertz CT molecular complexity index is 1980. The number of hydrogen-bond acceptors (Lipinski definition) is 10. The molecule has 48 heavy (non-hydrogen) atoms. The van der Waals surface area contributed by atoms with Crippen LogP contribution in [0.5, 0.6) is 0 Å². The van der Waals surface area contributed by atoms with Crippen molar-refractivity contribution in [3.63, 3.8) is 0 Å². The number of imidazole rings is 1. The van der Waals surface area contributed by atoms with Crippen molar-refractivity contribution in [2.45, 2.75) is 25.9 Å². The second-order valence-electron chi connectivity index (χ2n) is 12.2. The molecule has 5 aromatic rings. The standard InChI is InChI=1S/C35H36FN9O2S/c1-3-28-34(41(2)35-40-33(29(18-37)48-35)23-4-8-26(36)9-5-23)45-20-25(7-11-31(45)39-28)24-6-10-30(38-19-24)43-16-14-42(15-17-43)22-32(47)44-13-12-27(46)21-44/h4-11,19-20,27,46H,3,12-17,21-22H2,1-2H3/t27-/m0/s1. The maximum atomic E-state index is 13.6. The molecule has 4 aromatic heterocycles. The summed E-state index contributed by atoms with van der Waals surface area (Å²) >= 11 is 1.29. The molecule has 0 spiro atoms. The van der Waals surface area contributed by atoms with Crippen LogP contribution >= 0.6 is 11.3 Å². The van der Waals surface area contributed by atoms with Crippen molar-refractivity contribution in [2.24, 2.45) is 0 Å². The first-order valence-electron chi connectivity index (χ1n) is 16.1. The van der Waals surface area contributed by atoms with Crippen molar-refractivity contribution >= 4 is 39.7 Å². The van der Waals surface area contributed by atoms with Crippen molar-refractivity contribution in [3.8, 4) is 28.5 Å². The lowest BCUT2D eigenvalue weighted by Gasteiger charge is -2.35. The molecule has 1 amide bonds. The van der Waals surface area contributed by atoms with Crippen LogP contribution in [-0.2, 0) is 11.2 Å². The van der Waals surface area contributed by atoms with Crippen LogP contribution in [0.3, 0.4) is 0 Å². The van der Waals surface area contributed by atoms with E-state index in [4.69, 9.17) is 15.0 Å². The molecule has 246 valence electrons. The third-order valence-corrected chi connectivity index (χ3v) is 10.1. The van der Waals surface area contributed by atoms with Crippen molar-refractivity contribution in [3.05, 3.63) is 77.3 Å². The number of anilines is 3. The van der Waals surface area contributed by atoms with Gasteiger partial charge in [0, 0.05) is 75.4 Å². The molecule has 0 bridgehead atoms. The Morgan fingerprint density at radius 2 is 1.79 bits per heavy atom. The lowest BCUT2D eigenvalue weighted by atomic mass is 10.1. The Morgan fingerprint density at radius 3 is 2.46 bits per heavy atom. The number of nitrogens with zero attached hydrogens (tertiary/aromatic N) is 9. The van der Waals surface area contributed by atoms with Crippen molar-refractivity contribution in [2.75, 3.05) is 62.7 Å². The third-order valence-electron chi connectivity index (χ3n) is 9.09. The van der Waals surface area contributed by atoms with Gasteiger partial charge in [0.1, 0.15) is 39.7 Å². The molecular formula is C35H36FN9O2S. The number of piperazine rings is 1. The van der Waals surface area contributed by atoms with Crippen LogP contribution in [0.15, 0.2) is 60.9 Å². The molecule has 13 heteroatoms. The number of aryl methyl sites for hydroxylation is 1. The molecule has 0 saturated carbocycles. The normalized spacial score (nSPS) is 16.9. The fourth-order valence-corrected chi connectivity index (χ4v) is 7.25. The summed E-state index contributed by atoms with van der Waals surface area (Å²) in [7, 11) is 1.92. The summed E-state index contributed by atoms with van der Waals surface area (Å²) in [6, 6.07) is 16.4. The zero-order chi connectivity index (χ0) is 33.4. The number of aliphatic hydroxyl groups excluding tert-OH is 1. The number of likely N-dealkylation sites (tertiary alicyclic amines) is 1. The summed E-state index contributed by atoms with van der Waals surface area (Å²) in [4.78, 5) is 35.7. The fourth-order valence-electron chi connectivity index (χ4n) is 6.40. The van der Waals surface area contributed by atoms with E-state index in [1.54, 1.807) is 17.0 Å². The maximum absolute atomic E-state index is 13.6. The number of carbonyl (C=O) groups is 1. The Balaban J connectivity index is 1.08. The average molecular weight is 666 g/mol. The van der Waals surface area contributed by atoms with Crippen molar-refractivity contribution in [1.29, 1.82) is 5.26 Å². The van der Waals surface area contributed by atoms with Crippen LogP contribution in [0.1, 0.15) is 23.9 Å². The molecule has 2 fully saturated rings. The number of fused-ring (bicyclic) bond motifs is 1. The van der Waals surface area contributed by atoms with Crippen LogP contribution in [0.25, 0.3) is 28.0 Å². The minimum Gasteiger partial charge on any atom is -0.391 e. The van der Waals surface area contributed by atoms with Gasteiger partial charge in [0.05, 0.1) is 18.3 Å². The van der Waals surface area contributed by atoms with Gasteiger partial charge in [0.25, 0.3) is 0 Å². The van der Waals surface area contributed by atoms with Crippen molar-refractivity contribution < 1.29 is 14.3 Å². The Kier molecular flexibility index (Phi) is 8.79. The topological polar surface area (TPSA) is 117 Å². The molecule has 6 heterocycles. The van der Waals surface area contributed by atoms with E-state index in [1.807, 2.05) is 36.3 Å². The SMILES string of the molecule is CCc1nc2ccc(-c3ccc(N4CCN(CC(=O)N5CC[C@H](O)C5)CC4)nc3)cn2c1N(C)c1nc(-c2ccc(F)cc2)c(C#N)s1. The van der Waals surface area contributed by atoms with Crippen LogP contribution in [-0.4, -0.2) is 99.1 Å². The average Bonchev–Trinajstić information content (AvgIpc) is 3.85. The van der Waals surface area contributed by atoms with Gasteiger partial charge in [-0.25, -0.2) is 19.3 Å². The molecule has 0 unspecified atom stereocenters. The van der Waals surface area contributed by atoms with Gasteiger partial charge in [-0.05, 0) is 61.4 Å². The van der Waals surface area contributed by atoms with E-state index < -0.39 is 6.10 Å². The first kappa shape index (κ1) is 31.7. The first-order valence-corrected chi connectivity index (χ1v) is 16.9. The number of halogens is 1. The van der Waals surface area contributed by atoms with Gasteiger partial charge < -0.3 is 19.8 Å². The third kappa shape index (κ3) is 6.22. The highest BCUT2D eigenvalue weighted by molar-refractivity contribution is 7.16. The van der Waals surface area contributed by atoms with Crippen molar-refractivity contribution in [1.82, 2.24) is 29.2 Å². The number of aromatic nitrogens is 4. The maximum Gasteiger partial charge on any atom is 0.236 e. The number of pyridine rings is 2. The largest absolute Gasteiger partial charge is 0.391 e. The molecule has 1 aromatic carbocycles. The minimum absolute atomic E-state index is 0.0889. The van der Waals surface area contributed by atoms with E-state index in [-0.39, 0.29) is 11.7 Å². The van der Waals surface area contributed by atoms with Gasteiger partial charge in [0.2, 0.25) is 5.91 Å². The van der Waals surface area contributed by atoms with E-state index in [0.29, 0.717) is 53.7 Å². The van der Waals surface area contributed by atoms with Crippen LogP contribution in [0.4, 0.5) is 21.2 Å². The predicted molar refractivity (Wildman–Crippen MR) is 184 cm³/mol. The lowest BCUT2D eigenvalue weighted by molar-refractivity contribution is -0.131. The number of thiazole rings is 1. The second kappa shape index (κ2) is 13.3. The number of benzene rings is 1. The summed E-state index contributed by atoms with van der Waals surface area (Å²) in [5.74, 6) is 1.51. The quantitative estimate of drug-likeness (QED) is 0.254. The Hall–Kier alpha value is -4.90. The van der Waals surface area contributed by atoms with Crippen LogP contribution < -0.4 is 9.80 Å². The molecule has 0 aliphatic carbocycles. The predicted octanol–water partition coefficient (Wildman–Crippen LogP) is 4.58. The molecule has 7 rings (SSSR count). The Morgan fingerprint density at radius 1 is 1.04 bits per heavy atom. The zero-order valence-corrected chi connectivity index (χ0v) is 27.7. The molecule has 2 aliphatic rings. The molecule has 2 saturated heterocycles. The molecule has 2 aliphatic heterocycles. The lowest BCUT2D eigenvalue weighted by Crippen LogP contribution is -2.50. The van der Waals surface area contributed by atoms with E-state index in [0.717, 1.165) is 60.3 Å². The monoisotopic (exact) mass is 665 g/mol. The zero-order valence-electron chi connectivity index (χ0n) is 26.9. The van der Waals surface area contributed by atoms with E-state index in [9.17, 15) is 19.6 Å². The number of carbonyl (C=O) groups excluding carboxylic acids is 1. The summed E-state index contributed by atoms with van der Waals surface area (Å²) in [5.41, 5.74) is 4.87. The number of amides is 1. The van der Waals surface area contributed by atoms with Gasteiger partial charge in [-0.2, -0.15) is 5.26 Å². The molecule has 11 nitrogen and oxygen atoms in total. The van der Waals surface area contributed by atoms with E-state index >= 15 is 0 Å². The Labute approximate surface area is 282 Å². The molecular weight excluding hydrogens is 630 g/mol. The summed E-state index contributed by atoms with van der Waals surface area (Å²) in [6.07, 6.45) is 4.91. The van der Waals surface area contributed by atoms with E-state index in [1.165, 1.54) is 23.5 Å². The van der Waals surface area contributed by atoms with Crippen LogP contribution in [0.2, 0.25) is 0 Å². The summed E-state index contributed by atoms with van der Waals surface area (Å²) < 4.78 is 15.6. The molecule has 0 radical (unpaired) electrons. The molecule has 1 atom stereocenters. The fraction of sp³-hybridized carbons (Fsp3) is 0.343. The number of nitriles is 1. The van der Waals surface area contributed by atoms with Gasteiger partial charge >= 0.3 is 0 Å². The number of hydrogen-bond donors (Lipinski definition) is 1. The van der Waals surface area contributed by atoms with Gasteiger partial charge in [-0.15, -0.1) is 0 Å².